The van der Waals surface area contributed by atoms with Crippen LogP contribution in [0.4, 0.5) is 0 Å². The molecular formula is C16H26O. The second kappa shape index (κ2) is 5.22. The average Bonchev–Trinajstić information content (AvgIpc) is 2.15. The van der Waals surface area contributed by atoms with Gasteiger partial charge in [-0.2, -0.15) is 0 Å². The molecule has 1 N–H and O–H groups in total. The topological polar surface area (TPSA) is 20.2 Å². The Labute approximate surface area is 106 Å². The number of rotatable bonds is 5. The molecule has 0 aliphatic heterocycles. The minimum atomic E-state index is -0.711. The molecule has 1 heteroatoms. The highest BCUT2D eigenvalue weighted by Crippen LogP contribution is 2.48. The van der Waals surface area contributed by atoms with E-state index >= 15 is 0 Å². The Kier molecular flexibility index (Phi) is 4.37. The molecule has 2 atom stereocenters. The number of allylic oxidation sites excluding steroid dienone is 2. The fourth-order valence-corrected chi connectivity index (χ4v) is 3.59. The van der Waals surface area contributed by atoms with Crippen LogP contribution < -0.4 is 0 Å². The van der Waals surface area contributed by atoms with E-state index in [0.717, 1.165) is 6.42 Å². The van der Waals surface area contributed by atoms with Crippen molar-refractivity contribution < 1.29 is 5.11 Å². The molecule has 17 heavy (non-hydrogen) atoms. The largest absolute Gasteiger partial charge is 0.389 e. The van der Waals surface area contributed by atoms with Gasteiger partial charge in [-0.3, -0.25) is 0 Å². The van der Waals surface area contributed by atoms with Crippen LogP contribution in [0.5, 0.6) is 0 Å². The minimum Gasteiger partial charge on any atom is -0.389 e. The summed E-state index contributed by atoms with van der Waals surface area (Å²) in [5, 5.41) is 11.0. The first kappa shape index (κ1) is 14.2. The minimum absolute atomic E-state index is 0.120. The molecule has 1 aliphatic carbocycles. The van der Waals surface area contributed by atoms with Crippen LogP contribution in [-0.2, 0) is 0 Å². The normalized spacial score (nSPS) is 27.8. The molecule has 1 rings (SSSR count). The second-order valence-corrected chi connectivity index (χ2v) is 6.05. The van der Waals surface area contributed by atoms with Gasteiger partial charge in [0.2, 0.25) is 0 Å². The van der Waals surface area contributed by atoms with E-state index < -0.39 is 5.60 Å². The van der Waals surface area contributed by atoms with Crippen LogP contribution in [0.3, 0.4) is 0 Å². The Morgan fingerprint density at radius 2 is 1.88 bits per heavy atom. The zero-order chi connectivity index (χ0) is 13.1. The van der Waals surface area contributed by atoms with Crippen molar-refractivity contribution in [2.24, 2.45) is 17.3 Å². The van der Waals surface area contributed by atoms with Crippen LogP contribution in [0.15, 0.2) is 37.5 Å². The lowest BCUT2D eigenvalue weighted by atomic mass is 9.58. The van der Waals surface area contributed by atoms with Gasteiger partial charge in [0.1, 0.15) is 0 Å². The van der Waals surface area contributed by atoms with E-state index in [0.29, 0.717) is 18.8 Å². The molecule has 96 valence electrons. The van der Waals surface area contributed by atoms with Crippen LogP contribution in [0.2, 0.25) is 0 Å². The van der Waals surface area contributed by atoms with Gasteiger partial charge in [-0.05, 0) is 36.5 Å². The van der Waals surface area contributed by atoms with Gasteiger partial charge in [0.15, 0.2) is 0 Å². The number of hydrogen-bond acceptors (Lipinski definition) is 1. The molecule has 0 radical (unpaired) electrons. The first-order valence-electron chi connectivity index (χ1n) is 6.48. The van der Waals surface area contributed by atoms with E-state index in [4.69, 9.17) is 0 Å². The molecule has 0 aromatic rings. The molecule has 0 bridgehead atoms. The van der Waals surface area contributed by atoms with Crippen LogP contribution >= 0.6 is 0 Å². The summed E-state index contributed by atoms with van der Waals surface area (Å²) in [7, 11) is 0. The maximum atomic E-state index is 11.0. The second-order valence-electron chi connectivity index (χ2n) is 6.05. The Balaban J connectivity index is 3.10. The van der Waals surface area contributed by atoms with Crippen molar-refractivity contribution in [2.75, 3.05) is 0 Å². The summed E-state index contributed by atoms with van der Waals surface area (Å²) in [6.07, 6.45) is 10.4. The summed E-state index contributed by atoms with van der Waals surface area (Å²) in [6.45, 7) is 14.2. The number of hydrogen-bond donors (Lipinski definition) is 1. The Morgan fingerprint density at radius 3 is 2.29 bits per heavy atom. The Morgan fingerprint density at radius 1 is 1.35 bits per heavy atom. The van der Waals surface area contributed by atoms with E-state index in [1.54, 1.807) is 0 Å². The smallest absolute Gasteiger partial charge is 0.0754 e. The van der Waals surface area contributed by atoms with Crippen molar-refractivity contribution in [1.29, 1.82) is 0 Å². The maximum absolute atomic E-state index is 11.0. The monoisotopic (exact) mass is 234 g/mol. The molecule has 0 fully saturated rings. The summed E-state index contributed by atoms with van der Waals surface area (Å²) in [4.78, 5) is 0. The van der Waals surface area contributed by atoms with Crippen molar-refractivity contribution in [3.8, 4) is 0 Å². The van der Waals surface area contributed by atoms with Gasteiger partial charge in [0.05, 0.1) is 5.60 Å². The van der Waals surface area contributed by atoms with Gasteiger partial charge >= 0.3 is 0 Å². The predicted octanol–water partition coefficient (Wildman–Crippen LogP) is 4.11. The highest BCUT2D eigenvalue weighted by molar-refractivity contribution is 5.11. The zero-order valence-electron chi connectivity index (χ0n) is 11.4. The predicted molar refractivity (Wildman–Crippen MR) is 74.8 cm³/mol. The SMILES string of the molecule is C=CCC(O)(CC=C)C1C(C)C=CCC1(C)C. The molecule has 0 saturated carbocycles. The van der Waals surface area contributed by atoms with Gasteiger partial charge in [-0.15, -0.1) is 13.2 Å². The first-order chi connectivity index (χ1) is 7.87. The van der Waals surface area contributed by atoms with Crippen LogP contribution in [-0.4, -0.2) is 10.7 Å². The molecule has 0 spiro atoms. The fourth-order valence-electron chi connectivity index (χ4n) is 3.59. The van der Waals surface area contributed by atoms with Gasteiger partial charge in [0.25, 0.3) is 0 Å². The van der Waals surface area contributed by atoms with Crippen LogP contribution in [0.25, 0.3) is 0 Å². The fraction of sp³-hybridized carbons (Fsp3) is 0.625. The summed E-state index contributed by atoms with van der Waals surface area (Å²) in [6, 6.07) is 0. The maximum Gasteiger partial charge on any atom is 0.0754 e. The molecule has 0 amide bonds. The summed E-state index contributed by atoms with van der Waals surface area (Å²) < 4.78 is 0. The molecule has 2 unspecified atom stereocenters. The van der Waals surface area contributed by atoms with Crippen molar-refractivity contribution in [3.05, 3.63) is 37.5 Å². The van der Waals surface area contributed by atoms with E-state index in [9.17, 15) is 5.11 Å². The standard InChI is InChI=1S/C16H26O/c1-6-10-16(17,11-7-2)14-13(3)9-8-12-15(14,4)5/h6-9,13-14,17H,1-2,10-12H2,3-5H3. The summed E-state index contributed by atoms with van der Waals surface area (Å²) >= 11 is 0. The zero-order valence-corrected chi connectivity index (χ0v) is 11.4. The lowest BCUT2D eigenvalue weighted by molar-refractivity contribution is -0.0819. The van der Waals surface area contributed by atoms with E-state index in [1.807, 2.05) is 12.2 Å². The van der Waals surface area contributed by atoms with Gasteiger partial charge < -0.3 is 5.11 Å². The van der Waals surface area contributed by atoms with Gasteiger partial charge in [-0.1, -0.05) is 45.1 Å². The third kappa shape index (κ3) is 2.90. The molecule has 1 aliphatic rings. The average molecular weight is 234 g/mol. The highest BCUT2D eigenvalue weighted by Gasteiger charge is 2.46. The van der Waals surface area contributed by atoms with Crippen molar-refractivity contribution in [3.63, 3.8) is 0 Å². The van der Waals surface area contributed by atoms with Crippen molar-refractivity contribution in [2.45, 2.75) is 45.6 Å². The lowest BCUT2D eigenvalue weighted by Crippen LogP contribution is -2.49. The third-order valence-corrected chi connectivity index (χ3v) is 4.03. The molecular weight excluding hydrogens is 208 g/mol. The highest BCUT2D eigenvalue weighted by atomic mass is 16.3. The van der Waals surface area contributed by atoms with Gasteiger partial charge in [0, 0.05) is 0 Å². The van der Waals surface area contributed by atoms with Crippen molar-refractivity contribution in [1.82, 2.24) is 0 Å². The molecule has 0 aromatic heterocycles. The first-order valence-corrected chi connectivity index (χ1v) is 6.48. The Hall–Kier alpha value is -0.820. The van der Waals surface area contributed by atoms with E-state index in [2.05, 4.69) is 46.1 Å². The Bertz CT molecular complexity index is 301. The van der Waals surface area contributed by atoms with Crippen LogP contribution in [0.1, 0.15) is 40.0 Å². The lowest BCUT2D eigenvalue weighted by Gasteiger charge is -2.49. The molecule has 1 nitrogen and oxygen atoms in total. The third-order valence-electron chi connectivity index (χ3n) is 4.03. The molecule has 0 heterocycles. The van der Waals surface area contributed by atoms with E-state index in [-0.39, 0.29) is 11.3 Å². The van der Waals surface area contributed by atoms with Crippen molar-refractivity contribution >= 4 is 0 Å². The van der Waals surface area contributed by atoms with Gasteiger partial charge in [-0.25, -0.2) is 0 Å². The molecule has 0 aromatic carbocycles. The van der Waals surface area contributed by atoms with Crippen LogP contribution in [0, 0.1) is 17.3 Å². The molecule has 0 saturated heterocycles. The quantitative estimate of drug-likeness (QED) is 0.710. The summed E-state index contributed by atoms with van der Waals surface area (Å²) in [5.74, 6) is 0.639. The summed E-state index contributed by atoms with van der Waals surface area (Å²) in [5.41, 5.74) is -0.591. The number of aliphatic hydroxyl groups is 1. The van der Waals surface area contributed by atoms with E-state index in [1.165, 1.54) is 0 Å².